The van der Waals surface area contributed by atoms with Crippen LogP contribution in [0.15, 0.2) is 12.3 Å². The van der Waals surface area contributed by atoms with Gasteiger partial charge < -0.3 is 15.0 Å². The minimum absolute atomic E-state index is 0.111. The predicted molar refractivity (Wildman–Crippen MR) is 85.7 cm³/mol. The van der Waals surface area contributed by atoms with Crippen molar-refractivity contribution in [2.75, 3.05) is 18.4 Å². The molecule has 1 atom stereocenters. The summed E-state index contributed by atoms with van der Waals surface area (Å²) < 4.78 is 5.32. The van der Waals surface area contributed by atoms with Gasteiger partial charge in [0.25, 0.3) is 0 Å². The fourth-order valence-electron chi connectivity index (χ4n) is 2.31. The van der Waals surface area contributed by atoms with E-state index < -0.39 is 10.5 Å². The highest BCUT2D eigenvalue weighted by atomic mass is 35.5. The van der Waals surface area contributed by atoms with Crippen molar-refractivity contribution in [3.8, 4) is 0 Å². The Kier molecular flexibility index (Phi) is 4.93. The quantitative estimate of drug-likeness (QED) is 0.515. The molecule has 9 heteroatoms. The van der Waals surface area contributed by atoms with Crippen molar-refractivity contribution in [2.45, 2.75) is 38.8 Å². The number of nitrogens with zero attached hydrogens (tertiary/aromatic N) is 3. The Labute approximate surface area is 138 Å². The molecule has 2 heterocycles. The number of amides is 1. The Morgan fingerprint density at radius 3 is 2.87 bits per heavy atom. The summed E-state index contributed by atoms with van der Waals surface area (Å²) in [7, 11) is 0. The maximum absolute atomic E-state index is 12.0. The Balaban J connectivity index is 2.03. The number of aromatic nitrogens is 1. The first-order valence-corrected chi connectivity index (χ1v) is 7.58. The summed E-state index contributed by atoms with van der Waals surface area (Å²) in [6.45, 7) is 6.35. The molecule has 0 spiro atoms. The van der Waals surface area contributed by atoms with Crippen molar-refractivity contribution in [3.63, 3.8) is 0 Å². The third-order valence-corrected chi connectivity index (χ3v) is 3.54. The number of anilines is 1. The fourth-order valence-corrected chi connectivity index (χ4v) is 2.54. The highest BCUT2D eigenvalue weighted by Crippen LogP contribution is 2.31. The number of ether oxygens (including phenoxy) is 1. The Bertz CT molecular complexity index is 617. The normalized spacial score (nSPS) is 17.9. The second-order valence-electron chi connectivity index (χ2n) is 6.31. The highest BCUT2D eigenvalue weighted by Gasteiger charge is 2.31. The monoisotopic (exact) mass is 342 g/mol. The summed E-state index contributed by atoms with van der Waals surface area (Å²) in [5.41, 5.74) is -0.518. The average Bonchev–Trinajstić information content (AvgIpc) is 2.85. The van der Waals surface area contributed by atoms with Gasteiger partial charge in [0.05, 0.1) is 4.92 Å². The van der Waals surface area contributed by atoms with Gasteiger partial charge in [-0.1, -0.05) is 11.6 Å². The van der Waals surface area contributed by atoms with E-state index in [4.69, 9.17) is 16.3 Å². The van der Waals surface area contributed by atoms with Crippen LogP contribution in [0.2, 0.25) is 5.15 Å². The number of pyridine rings is 1. The molecular weight excluding hydrogens is 324 g/mol. The van der Waals surface area contributed by atoms with Gasteiger partial charge in [0.1, 0.15) is 11.3 Å². The van der Waals surface area contributed by atoms with Crippen molar-refractivity contribution >= 4 is 29.1 Å². The molecule has 1 aromatic rings. The summed E-state index contributed by atoms with van der Waals surface area (Å²) >= 11 is 5.78. The van der Waals surface area contributed by atoms with Crippen LogP contribution >= 0.6 is 11.6 Å². The van der Waals surface area contributed by atoms with Gasteiger partial charge in [0, 0.05) is 25.3 Å². The Hall–Kier alpha value is -2.09. The van der Waals surface area contributed by atoms with E-state index in [-0.39, 0.29) is 23.0 Å². The second-order valence-corrected chi connectivity index (χ2v) is 6.67. The maximum Gasteiger partial charge on any atom is 0.410 e. The molecule has 2 rings (SSSR count). The SMILES string of the molecule is CC(C)(C)OC(=O)N1CCC(Nc2ccnc(Cl)c2[N+](=O)[O-])C1. The molecule has 1 aliphatic rings. The zero-order valence-electron chi connectivity index (χ0n) is 13.2. The van der Waals surface area contributed by atoms with Gasteiger partial charge in [-0.15, -0.1) is 0 Å². The van der Waals surface area contributed by atoms with Gasteiger partial charge >= 0.3 is 11.8 Å². The molecule has 0 aromatic carbocycles. The fraction of sp³-hybridized carbons (Fsp3) is 0.571. The molecule has 0 radical (unpaired) electrons. The Morgan fingerprint density at radius 1 is 1.57 bits per heavy atom. The standard InChI is InChI=1S/C14H19ClN4O4/c1-14(2,3)23-13(20)18-7-5-9(8-18)17-10-4-6-16-12(15)11(10)19(21)22/h4,6,9H,5,7-8H2,1-3H3,(H,16,17). The van der Waals surface area contributed by atoms with Crippen LogP contribution in [0.1, 0.15) is 27.2 Å². The molecule has 0 bridgehead atoms. The van der Waals surface area contributed by atoms with E-state index >= 15 is 0 Å². The number of hydrogen-bond acceptors (Lipinski definition) is 6. The zero-order valence-corrected chi connectivity index (χ0v) is 14.0. The first-order chi connectivity index (χ1) is 10.7. The van der Waals surface area contributed by atoms with Gasteiger partial charge in [0.15, 0.2) is 0 Å². The highest BCUT2D eigenvalue weighted by molar-refractivity contribution is 6.32. The molecule has 126 valence electrons. The van der Waals surface area contributed by atoms with Crippen LogP contribution in [0.4, 0.5) is 16.2 Å². The van der Waals surface area contributed by atoms with Crippen LogP contribution in [-0.2, 0) is 4.74 Å². The number of carbonyl (C=O) groups is 1. The molecule has 0 saturated carbocycles. The minimum Gasteiger partial charge on any atom is -0.444 e. The van der Waals surface area contributed by atoms with E-state index in [9.17, 15) is 14.9 Å². The second kappa shape index (κ2) is 6.57. The molecule has 1 aromatic heterocycles. The molecule has 1 N–H and O–H groups in total. The summed E-state index contributed by atoms with van der Waals surface area (Å²) in [6.07, 6.45) is 1.68. The van der Waals surface area contributed by atoms with Crippen molar-refractivity contribution in [3.05, 3.63) is 27.5 Å². The van der Waals surface area contributed by atoms with E-state index in [0.29, 0.717) is 25.2 Å². The minimum atomic E-state index is -0.571. The van der Waals surface area contributed by atoms with Crippen LogP contribution in [0.5, 0.6) is 0 Å². The number of hydrogen-bond donors (Lipinski definition) is 1. The third-order valence-electron chi connectivity index (χ3n) is 3.26. The zero-order chi connectivity index (χ0) is 17.2. The molecule has 1 saturated heterocycles. The lowest BCUT2D eigenvalue weighted by Crippen LogP contribution is -2.36. The molecule has 1 aliphatic heterocycles. The molecular formula is C14H19ClN4O4. The summed E-state index contributed by atoms with van der Waals surface area (Å²) in [5.74, 6) is 0. The van der Waals surface area contributed by atoms with E-state index in [0.717, 1.165) is 0 Å². The van der Waals surface area contributed by atoms with Crippen LogP contribution < -0.4 is 5.32 Å². The van der Waals surface area contributed by atoms with Crippen LogP contribution in [0.3, 0.4) is 0 Å². The predicted octanol–water partition coefficient (Wildman–Crippen LogP) is 3.06. The van der Waals surface area contributed by atoms with Crippen molar-refractivity contribution in [1.29, 1.82) is 0 Å². The first kappa shape index (κ1) is 17.3. The Morgan fingerprint density at radius 2 is 2.26 bits per heavy atom. The maximum atomic E-state index is 12.0. The van der Waals surface area contributed by atoms with E-state index in [1.807, 2.05) is 0 Å². The molecule has 1 unspecified atom stereocenters. The van der Waals surface area contributed by atoms with Crippen LogP contribution in [0.25, 0.3) is 0 Å². The number of rotatable bonds is 3. The summed E-state index contributed by atoms with van der Waals surface area (Å²) in [5, 5.41) is 14.0. The van der Waals surface area contributed by atoms with Crippen LogP contribution in [-0.4, -0.2) is 45.6 Å². The van der Waals surface area contributed by atoms with Gasteiger partial charge in [-0.3, -0.25) is 10.1 Å². The molecule has 1 amide bonds. The smallest absolute Gasteiger partial charge is 0.410 e. The number of halogens is 1. The number of nitrogens with one attached hydrogen (secondary N) is 1. The van der Waals surface area contributed by atoms with Gasteiger partial charge in [-0.05, 0) is 33.3 Å². The number of nitro groups is 1. The topological polar surface area (TPSA) is 97.6 Å². The van der Waals surface area contributed by atoms with Crippen molar-refractivity contribution in [2.24, 2.45) is 0 Å². The summed E-state index contributed by atoms with van der Waals surface area (Å²) in [4.78, 5) is 27.9. The van der Waals surface area contributed by atoms with Crippen molar-refractivity contribution < 1.29 is 14.5 Å². The molecule has 0 aliphatic carbocycles. The van der Waals surface area contributed by atoms with E-state index in [2.05, 4.69) is 10.3 Å². The van der Waals surface area contributed by atoms with E-state index in [1.165, 1.54) is 12.3 Å². The lowest BCUT2D eigenvalue weighted by molar-refractivity contribution is -0.384. The summed E-state index contributed by atoms with van der Waals surface area (Å²) in [6, 6.07) is 1.39. The van der Waals surface area contributed by atoms with Crippen LogP contribution in [0, 0.1) is 10.1 Å². The van der Waals surface area contributed by atoms with Gasteiger partial charge in [-0.2, -0.15) is 0 Å². The van der Waals surface area contributed by atoms with E-state index in [1.54, 1.807) is 25.7 Å². The largest absolute Gasteiger partial charge is 0.444 e. The molecule has 23 heavy (non-hydrogen) atoms. The average molecular weight is 343 g/mol. The van der Waals surface area contributed by atoms with Gasteiger partial charge in [0.2, 0.25) is 5.15 Å². The molecule has 8 nitrogen and oxygen atoms in total. The molecule has 1 fully saturated rings. The van der Waals surface area contributed by atoms with Crippen molar-refractivity contribution in [1.82, 2.24) is 9.88 Å². The number of carbonyl (C=O) groups excluding carboxylic acids is 1. The lowest BCUT2D eigenvalue weighted by atomic mass is 10.2. The number of likely N-dealkylation sites (tertiary alicyclic amines) is 1. The lowest BCUT2D eigenvalue weighted by Gasteiger charge is -2.24. The third kappa shape index (κ3) is 4.44. The van der Waals surface area contributed by atoms with Gasteiger partial charge in [-0.25, -0.2) is 9.78 Å². The first-order valence-electron chi connectivity index (χ1n) is 7.21.